The molecular formula is C22H27N5O3. The summed E-state index contributed by atoms with van der Waals surface area (Å²) in [6.07, 6.45) is 0.839. The lowest BCUT2D eigenvalue weighted by Gasteiger charge is -2.19. The lowest BCUT2D eigenvalue weighted by Crippen LogP contribution is -2.28. The smallest absolute Gasteiger partial charge is 0.287 e. The van der Waals surface area contributed by atoms with Crippen LogP contribution < -0.4 is 5.32 Å². The van der Waals surface area contributed by atoms with Crippen molar-refractivity contribution in [3.63, 3.8) is 0 Å². The molecule has 1 N–H and O–H groups in total. The van der Waals surface area contributed by atoms with E-state index < -0.39 is 0 Å². The number of benzene rings is 1. The number of methoxy groups -OCH3 is 1. The molecule has 3 aromatic rings. The number of carbonyl (C=O) groups excluding carboxylic acids is 1. The summed E-state index contributed by atoms with van der Waals surface area (Å²) in [5.74, 6) is 2.34. The minimum Gasteiger partial charge on any atom is -0.453 e. The summed E-state index contributed by atoms with van der Waals surface area (Å²) in [6.45, 7) is 6.33. The van der Waals surface area contributed by atoms with Gasteiger partial charge in [-0.2, -0.15) is 0 Å². The molecule has 158 valence electrons. The quantitative estimate of drug-likeness (QED) is 0.645. The largest absolute Gasteiger partial charge is 0.453 e. The molecule has 1 aliphatic heterocycles. The van der Waals surface area contributed by atoms with Gasteiger partial charge in [-0.3, -0.25) is 9.69 Å². The van der Waals surface area contributed by atoms with E-state index in [0.29, 0.717) is 18.9 Å². The van der Waals surface area contributed by atoms with Crippen molar-refractivity contribution < 1.29 is 13.9 Å². The molecule has 2 aromatic heterocycles. The molecule has 3 heterocycles. The van der Waals surface area contributed by atoms with Gasteiger partial charge in [0, 0.05) is 39.7 Å². The van der Waals surface area contributed by atoms with Crippen molar-refractivity contribution >= 4 is 5.91 Å². The number of hydrogen-bond acceptors (Lipinski definition) is 6. The van der Waals surface area contributed by atoms with Crippen LogP contribution in [0, 0.1) is 6.92 Å². The fourth-order valence-electron chi connectivity index (χ4n) is 3.63. The Labute approximate surface area is 175 Å². The first-order valence-corrected chi connectivity index (χ1v) is 10.2. The van der Waals surface area contributed by atoms with Crippen LogP contribution in [0.2, 0.25) is 0 Å². The standard InChI is InChI=1S/C22H27N5O3/c1-16-3-5-17(6-4-16)14-26-10-9-20-24-25-21(27(20)12-11-26)13-23-22(28)19-8-7-18(30-19)15-29-2/h3-8H,9-15H2,1-2H3,(H,23,28). The second kappa shape index (κ2) is 9.23. The van der Waals surface area contributed by atoms with E-state index >= 15 is 0 Å². The molecule has 1 aliphatic rings. The molecular weight excluding hydrogens is 382 g/mol. The summed E-state index contributed by atoms with van der Waals surface area (Å²) in [5, 5.41) is 11.5. The number of furan rings is 1. The maximum atomic E-state index is 12.4. The zero-order valence-corrected chi connectivity index (χ0v) is 17.4. The number of carbonyl (C=O) groups is 1. The number of nitrogens with one attached hydrogen (secondary N) is 1. The van der Waals surface area contributed by atoms with E-state index in [1.54, 1.807) is 19.2 Å². The Bertz CT molecular complexity index is 993. The third-order valence-corrected chi connectivity index (χ3v) is 5.30. The van der Waals surface area contributed by atoms with Crippen LogP contribution in [0.25, 0.3) is 0 Å². The minimum atomic E-state index is -0.274. The van der Waals surface area contributed by atoms with Crippen molar-refractivity contribution in [1.29, 1.82) is 0 Å². The third-order valence-electron chi connectivity index (χ3n) is 5.30. The highest BCUT2D eigenvalue weighted by atomic mass is 16.5. The SMILES string of the molecule is COCc1ccc(C(=O)NCc2nnc3n2CCN(Cc2ccc(C)cc2)CC3)o1. The Morgan fingerprint density at radius 2 is 1.97 bits per heavy atom. The van der Waals surface area contributed by atoms with Gasteiger partial charge < -0.3 is 19.0 Å². The van der Waals surface area contributed by atoms with Crippen LogP contribution in [-0.2, 0) is 37.4 Å². The van der Waals surface area contributed by atoms with Gasteiger partial charge in [0.1, 0.15) is 18.2 Å². The van der Waals surface area contributed by atoms with Crippen molar-refractivity contribution in [3.8, 4) is 0 Å². The Morgan fingerprint density at radius 3 is 2.77 bits per heavy atom. The number of aromatic nitrogens is 3. The fourth-order valence-corrected chi connectivity index (χ4v) is 3.63. The van der Waals surface area contributed by atoms with Crippen molar-refractivity contribution in [2.75, 3.05) is 20.2 Å². The molecule has 0 fully saturated rings. The number of aryl methyl sites for hydroxylation is 1. The molecule has 0 saturated carbocycles. The van der Waals surface area contributed by atoms with Crippen molar-refractivity contribution in [1.82, 2.24) is 25.0 Å². The Balaban J connectivity index is 1.34. The topological polar surface area (TPSA) is 85.4 Å². The van der Waals surface area contributed by atoms with Crippen LogP contribution in [0.5, 0.6) is 0 Å². The number of rotatable bonds is 7. The van der Waals surface area contributed by atoms with Crippen LogP contribution in [0.1, 0.15) is 39.1 Å². The van der Waals surface area contributed by atoms with Crippen LogP contribution >= 0.6 is 0 Å². The zero-order chi connectivity index (χ0) is 20.9. The molecule has 0 aliphatic carbocycles. The Hall–Kier alpha value is -2.97. The van der Waals surface area contributed by atoms with Gasteiger partial charge >= 0.3 is 0 Å². The Morgan fingerprint density at radius 1 is 1.13 bits per heavy atom. The van der Waals surface area contributed by atoms with Gasteiger partial charge in [0.2, 0.25) is 0 Å². The summed E-state index contributed by atoms with van der Waals surface area (Å²) < 4.78 is 12.6. The van der Waals surface area contributed by atoms with Crippen LogP contribution in [0.4, 0.5) is 0 Å². The fraction of sp³-hybridized carbons (Fsp3) is 0.409. The summed E-state index contributed by atoms with van der Waals surface area (Å²) >= 11 is 0. The lowest BCUT2D eigenvalue weighted by atomic mass is 10.1. The van der Waals surface area contributed by atoms with E-state index in [0.717, 1.165) is 44.2 Å². The van der Waals surface area contributed by atoms with Gasteiger partial charge in [0.15, 0.2) is 11.6 Å². The van der Waals surface area contributed by atoms with E-state index in [9.17, 15) is 4.79 Å². The molecule has 8 heteroatoms. The molecule has 1 amide bonds. The zero-order valence-electron chi connectivity index (χ0n) is 17.4. The van der Waals surface area contributed by atoms with E-state index in [2.05, 4.69) is 56.2 Å². The van der Waals surface area contributed by atoms with E-state index in [4.69, 9.17) is 9.15 Å². The first kappa shape index (κ1) is 20.3. The molecule has 4 rings (SSSR count). The third kappa shape index (κ3) is 4.77. The highest BCUT2D eigenvalue weighted by molar-refractivity contribution is 5.91. The van der Waals surface area contributed by atoms with E-state index in [1.807, 2.05) is 0 Å². The summed E-state index contributed by atoms with van der Waals surface area (Å²) in [7, 11) is 1.58. The maximum absolute atomic E-state index is 12.4. The van der Waals surface area contributed by atoms with Crippen molar-refractivity contribution in [3.05, 3.63) is 70.7 Å². The molecule has 1 aromatic carbocycles. The number of amides is 1. The van der Waals surface area contributed by atoms with E-state index in [-0.39, 0.29) is 11.7 Å². The average Bonchev–Trinajstić information content (AvgIpc) is 3.32. The van der Waals surface area contributed by atoms with E-state index in [1.165, 1.54) is 11.1 Å². The van der Waals surface area contributed by atoms with Gasteiger partial charge in [-0.25, -0.2) is 0 Å². The maximum Gasteiger partial charge on any atom is 0.287 e. The van der Waals surface area contributed by atoms with Crippen LogP contribution in [0.3, 0.4) is 0 Å². The molecule has 0 unspecified atom stereocenters. The normalized spacial score (nSPS) is 14.3. The van der Waals surface area contributed by atoms with Crippen LogP contribution in [-0.4, -0.2) is 45.8 Å². The van der Waals surface area contributed by atoms with Gasteiger partial charge in [0.05, 0.1) is 6.54 Å². The second-order valence-electron chi connectivity index (χ2n) is 7.58. The summed E-state index contributed by atoms with van der Waals surface area (Å²) in [4.78, 5) is 14.8. The average molecular weight is 409 g/mol. The molecule has 0 atom stereocenters. The van der Waals surface area contributed by atoms with Crippen LogP contribution in [0.15, 0.2) is 40.8 Å². The molecule has 0 saturated heterocycles. The predicted octanol–water partition coefficient (Wildman–Crippen LogP) is 2.31. The van der Waals surface area contributed by atoms with Crippen molar-refractivity contribution in [2.45, 2.75) is 39.6 Å². The highest BCUT2D eigenvalue weighted by Crippen LogP contribution is 2.14. The first-order valence-electron chi connectivity index (χ1n) is 10.2. The highest BCUT2D eigenvalue weighted by Gasteiger charge is 2.20. The number of ether oxygens (including phenoxy) is 1. The second-order valence-corrected chi connectivity index (χ2v) is 7.58. The first-order chi connectivity index (χ1) is 14.6. The molecule has 0 bridgehead atoms. The summed E-state index contributed by atoms with van der Waals surface area (Å²) in [6, 6.07) is 12.1. The molecule has 0 spiro atoms. The van der Waals surface area contributed by atoms with Gasteiger partial charge in [0.25, 0.3) is 5.91 Å². The minimum absolute atomic E-state index is 0.266. The monoisotopic (exact) mass is 409 g/mol. The predicted molar refractivity (Wildman–Crippen MR) is 111 cm³/mol. The van der Waals surface area contributed by atoms with Crippen molar-refractivity contribution in [2.24, 2.45) is 0 Å². The van der Waals surface area contributed by atoms with Gasteiger partial charge in [-0.15, -0.1) is 10.2 Å². The van der Waals surface area contributed by atoms with Gasteiger partial charge in [-0.1, -0.05) is 29.8 Å². The van der Waals surface area contributed by atoms with Gasteiger partial charge in [-0.05, 0) is 24.6 Å². The lowest BCUT2D eigenvalue weighted by molar-refractivity contribution is 0.0913. The summed E-state index contributed by atoms with van der Waals surface area (Å²) in [5.41, 5.74) is 2.59. The molecule has 8 nitrogen and oxygen atoms in total. The Kier molecular flexibility index (Phi) is 6.25. The number of hydrogen-bond donors (Lipinski definition) is 1. The number of fused-ring (bicyclic) bond motifs is 1. The number of nitrogens with zero attached hydrogens (tertiary/aromatic N) is 4. The molecule has 30 heavy (non-hydrogen) atoms. The molecule has 0 radical (unpaired) electrons.